The Hall–Kier alpha value is -1.76. The Labute approximate surface area is 122 Å². The number of hydrogen-bond acceptors (Lipinski definition) is 4. The SMILES string of the molecule is OC(CN1CC(O)(c2ccc(F)cc2)C1)Cn1cccn1. The highest BCUT2D eigenvalue weighted by molar-refractivity contribution is 5.26. The van der Waals surface area contributed by atoms with Crippen molar-refractivity contribution in [1.82, 2.24) is 14.7 Å². The number of rotatable bonds is 5. The third-order valence-corrected chi connectivity index (χ3v) is 3.78. The Bertz CT molecular complexity index is 579. The van der Waals surface area contributed by atoms with Crippen molar-refractivity contribution in [2.45, 2.75) is 18.2 Å². The maximum absolute atomic E-state index is 12.9. The van der Waals surface area contributed by atoms with Crippen LogP contribution in [0.5, 0.6) is 0 Å². The zero-order valence-corrected chi connectivity index (χ0v) is 11.6. The van der Waals surface area contributed by atoms with Gasteiger partial charge in [-0.25, -0.2) is 4.39 Å². The van der Waals surface area contributed by atoms with E-state index in [2.05, 4.69) is 5.10 Å². The molecule has 0 aliphatic carbocycles. The van der Waals surface area contributed by atoms with Gasteiger partial charge in [0, 0.05) is 32.0 Å². The number of likely N-dealkylation sites (tertiary alicyclic amines) is 1. The fourth-order valence-electron chi connectivity index (χ4n) is 2.75. The van der Waals surface area contributed by atoms with Gasteiger partial charge in [-0.1, -0.05) is 12.1 Å². The average Bonchev–Trinajstić information content (AvgIpc) is 2.90. The third kappa shape index (κ3) is 3.12. The molecule has 112 valence electrons. The second-order valence-electron chi connectivity index (χ2n) is 5.59. The largest absolute Gasteiger partial charge is 0.390 e. The normalized spacial score (nSPS) is 19.2. The van der Waals surface area contributed by atoms with E-state index in [1.54, 1.807) is 29.2 Å². The van der Waals surface area contributed by atoms with Gasteiger partial charge in [0.15, 0.2) is 0 Å². The first kappa shape index (κ1) is 14.2. The van der Waals surface area contributed by atoms with Crippen LogP contribution in [-0.4, -0.2) is 50.6 Å². The number of aliphatic hydroxyl groups excluding tert-OH is 1. The Morgan fingerprint density at radius 1 is 1.24 bits per heavy atom. The summed E-state index contributed by atoms with van der Waals surface area (Å²) in [6.45, 7) is 1.78. The molecule has 0 radical (unpaired) electrons. The van der Waals surface area contributed by atoms with Crippen LogP contribution < -0.4 is 0 Å². The van der Waals surface area contributed by atoms with E-state index in [-0.39, 0.29) is 5.82 Å². The van der Waals surface area contributed by atoms with Crippen molar-refractivity contribution in [3.63, 3.8) is 0 Å². The van der Waals surface area contributed by atoms with Crippen molar-refractivity contribution in [2.24, 2.45) is 0 Å². The van der Waals surface area contributed by atoms with Gasteiger partial charge in [-0.3, -0.25) is 9.58 Å². The molecule has 1 aliphatic heterocycles. The van der Waals surface area contributed by atoms with E-state index in [0.717, 1.165) is 0 Å². The molecule has 5 nitrogen and oxygen atoms in total. The van der Waals surface area contributed by atoms with E-state index in [9.17, 15) is 14.6 Å². The molecule has 21 heavy (non-hydrogen) atoms. The summed E-state index contributed by atoms with van der Waals surface area (Å²) in [4.78, 5) is 1.97. The molecule has 0 spiro atoms. The van der Waals surface area contributed by atoms with Gasteiger partial charge in [-0.2, -0.15) is 5.10 Å². The molecule has 3 rings (SSSR count). The highest BCUT2D eigenvalue weighted by Gasteiger charge is 2.42. The number of aliphatic hydroxyl groups is 2. The van der Waals surface area contributed by atoms with Crippen LogP contribution >= 0.6 is 0 Å². The second-order valence-corrected chi connectivity index (χ2v) is 5.59. The van der Waals surface area contributed by atoms with E-state index >= 15 is 0 Å². The summed E-state index contributed by atoms with van der Waals surface area (Å²) >= 11 is 0. The number of β-amino-alcohol motifs (C(OH)–C–C–N with tert-alkyl or cyclic N) is 2. The lowest BCUT2D eigenvalue weighted by Gasteiger charge is -2.47. The van der Waals surface area contributed by atoms with Gasteiger partial charge in [-0.05, 0) is 23.8 Å². The Balaban J connectivity index is 1.51. The quantitative estimate of drug-likeness (QED) is 0.846. The second kappa shape index (κ2) is 5.55. The summed E-state index contributed by atoms with van der Waals surface area (Å²) in [6, 6.07) is 7.72. The van der Waals surface area contributed by atoms with E-state index in [1.165, 1.54) is 12.1 Å². The zero-order chi connectivity index (χ0) is 14.9. The molecule has 2 N–H and O–H groups in total. The summed E-state index contributed by atoms with van der Waals surface area (Å²) in [5.41, 5.74) is -0.235. The Kier molecular flexibility index (Phi) is 3.75. The molecule has 1 aromatic heterocycles. The van der Waals surface area contributed by atoms with Crippen LogP contribution in [0.25, 0.3) is 0 Å². The lowest BCUT2D eigenvalue weighted by atomic mass is 9.86. The van der Waals surface area contributed by atoms with Gasteiger partial charge in [0.1, 0.15) is 11.4 Å². The summed E-state index contributed by atoms with van der Waals surface area (Å²) in [5, 5.41) is 24.5. The monoisotopic (exact) mass is 291 g/mol. The molecule has 1 fully saturated rings. The minimum atomic E-state index is -0.945. The van der Waals surface area contributed by atoms with Gasteiger partial charge in [0.2, 0.25) is 0 Å². The van der Waals surface area contributed by atoms with Crippen LogP contribution in [-0.2, 0) is 12.1 Å². The van der Waals surface area contributed by atoms with E-state index in [4.69, 9.17) is 0 Å². The number of benzene rings is 1. The number of nitrogens with zero attached hydrogens (tertiary/aromatic N) is 3. The number of hydrogen-bond donors (Lipinski definition) is 2. The maximum atomic E-state index is 12.9. The van der Waals surface area contributed by atoms with Crippen molar-refractivity contribution >= 4 is 0 Å². The highest BCUT2D eigenvalue weighted by atomic mass is 19.1. The lowest BCUT2D eigenvalue weighted by Crippen LogP contribution is -2.61. The molecule has 0 amide bonds. The first-order valence-electron chi connectivity index (χ1n) is 6.91. The standard InChI is InChI=1S/C15H18FN3O2/c16-13-4-2-12(3-5-13)15(21)10-18(11-15)8-14(20)9-19-7-1-6-17-19/h1-7,14,20-21H,8-11H2. The predicted octanol–water partition coefficient (Wildman–Crippen LogP) is 0.586. The molecular weight excluding hydrogens is 273 g/mol. The van der Waals surface area contributed by atoms with Crippen molar-refractivity contribution in [2.75, 3.05) is 19.6 Å². The molecule has 1 saturated heterocycles. The molecule has 1 aliphatic rings. The highest BCUT2D eigenvalue weighted by Crippen LogP contribution is 2.31. The fraction of sp³-hybridized carbons (Fsp3) is 0.400. The number of halogens is 1. The molecule has 2 heterocycles. The number of aromatic nitrogens is 2. The fourth-order valence-corrected chi connectivity index (χ4v) is 2.75. The molecule has 0 saturated carbocycles. The minimum Gasteiger partial charge on any atom is -0.390 e. The first-order valence-corrected chi connectivity index (χ1v) is 6.91. The van der Waals surface area contributed by atoms with E-state index < -0.39 is 11.7 Å². The minimum absolute atomic E-state index is 0.312. The molecular formula is C15H18FN3O2. The van der Waals surface area contributed by atoms with Gasteiger partial charge in [0.25, 0.3) is 0 Å². The van der Waals surface area contributed by atoms with Crippen LogP contribution in [0, 0.1) is 5.82 Å². The Morgan fingerprint density at radius 2 is 1.95 bits per heavy atom. The Morgan fingerprint density at radius 3 is 2.57 bits per heavy atom. The maximum Gasteiger partial charge on any atom is 0.123 e. The van der Waals surface area contributed by atoms with E-state index in [0.29, 0.717) is 31.7 Å². The summed E-state index contributed by atoms with van der Waals surface area (Å²) in [6.07, 6.45) is 2.93. The smallest absolute Gasteiger partial charge is 0.123 e. The topological polar surface area (TPSA) is 61.5 Å². The summed E-state index contributed by atoms with van der Waals surface area (Å²) < 4.78 is 14.6. The summed E-state index contributed by atoms with van der Waals surface area (Å²) in [5.74, 6) is -0.312. The van der Waals surface area contributed by atoms with Gasteiger partial charge < -0.3 is 10.2 Å². The third-order valence-electron chi connectivity index (χ3n) is 3.78. The molecule has 1 aromatic carbocycles. The van der Waals surface area contributed by atoms with Crippen molar-refractivity contribution in [3.05, 3.63) is 54.1 Å². The van der Waals surface area contributed by atoms with Gasteiger partial charge in [-0.15, -0.1) is 0 Å². The molecule has 2 aromatic rings. The summed E-state index contributed by atoms with van der Waals surface area (Å²) in [7, 11) is 0. The van der Waals surface area contributed by atoms with Crippen LogP contribution in [0.2, 0.25) is 0 Å². The zero-order valence-electron chi connectivity index (χ0n) is 11.6. The molecule has 1 atom stereocenters. The van der Waals surface area contributed by atoms with Crippen LogP contribution in [0.4, 0.5) is 4.39 Å². The van der Waals surface area contributed by atoms with Crippen LogP contribution in [0.1, 0.15) is 5.56 Å². The molecule has 6 heteroatoms. The van der Waals surface area contributed by atoms with Crippen molar-refractivity contribution < 1.29 is 14.6 Å². The van der Waals surface area contributed by atoms with E-state index in [1.807, 2.05) is 11.0 Å². The van der Waals surface area contributed by atoms with Crippen molar-refractivity contribution in [3.8, 4) is 0 Å². The first-order chi connectivity index (χ1) is 10.0. The van der Waals surface area contributed by atoms with Gasteiger partial charge in [0.05, 0.1) is 12.6 Å². The molecule has 1 unspecified atom stereocenters. The average molecular weight is 291 g/mol. The lowest BCUT2D eigenvalue weighted by molar-refractivity contribution is -0.115. The van der Waals surface area contributed by atoms with Crippen molar-refractivity contribution in [1.29, 1.82) is 0 Å². The molecule has 0 bridgehead atoms. The van der Waals surface area contributed by atoms with Crippen LogP contribution in [0.3, 0.4) is 0 Å². The predicted molar refractivity (Wildman–Crippen MR) is 75.0 cm³/mol. The van der Waals surface area contributed by atoms with Gasteiger partial charge >= 0.3 is 0 Å². The van der Waals surface area contributed by atoms with Crippen LogP contribution in [0.15, 0.2) is 42.7 Å².